The van der Waals surface area contributed by atoms with E-state index < -0.39 is 22.5 Å². The second-order valence-corrected chi connectivity index (χ2v) is 10.3. The second kappa shape index (κ2) is 12.4. The van der Waals surface area contributed by atoms with Gasteiger partial charge in [0.1, 0.15) is 24.7 Å². The van der Waals surface area contributed by atoms with Gasteiger partial charge in [0.05, 0.1) is 28.4 Å². The summed E-state index contributed by atoms with van der Waals surface area (Å²) in [6.07, 6.45) is 3.09. The number of sulfonamides is 1. The van der Waals surface area contributed by atoms with Gasteiger partial charge in [-0.15, -0.1) is 0 Å². The highest BCUT2D eigenvalue weighted by Crippen LogP contribution is 2.30. The van der Waals surface area contributed by atoms with Crippen molar-refractivity contribution < 1.29 is 22.7 Å². The Kier molecular flexibility index (Phi) is 9.26. The fraction of sp³-hybridized carbons (Fsp3) is 0.154. The van der Waals surface area contributed by atoms with Crippen molar-refractivity contribution in [3.05, 3.63) is 95.0 Å². The van der Waals surface area contributed by atoms with Crippen LogP contribution in [-0.2, 0) is 14.8 Å². The van der Waals surface area contributed by atoms with E-state index in [4.69, 9.17) is 9.47 Å². The highest BCUT2D eigenvalue weighted by atomic mass is 79.9. The number of carbonyl (C=O) groups is 1. The van der Waals surface area contributed by atoms with Crippen molar-refractivity contribution in [1.29, 1.82) is 0 Å². The molecule has 3 aromatic rings. The summed E-state index contributed by atoms with van der Waals surface area (Å²) in [4.78, 5) is 12.7. The first-order valence-electron chi connectivity index (χ1n) is 10.8. The SMILES string of the molecule is C=CCOc1cccc(/C=N\NC(=O)CN(c2ccc(C)cc2)S(=O)(=O)c2ccc(OC)c(Br)c2)c1. The quantitative estimate of drug-likeness (QED) is 0.205. The predicted octanol–water partition coefficient (Wildman–Crippen LogP) is 4.68. The molecule has 0 aromatic heterocycles. The van der Waals surface area contributed by atoms with Crippen LogP contribution in [0.4, 0.5) is 5.69 Å². The summed E-state index contributed by atoms with van der Waals surface area (Å²) in [5, 5.41) is 3.97. The molecule has 36 heavy (non-hydrogen) atoms. The summed E-state index contributed by atoms with van der Waals surface area (Å²) >= 11 is 3.32. The van der Waals surface area contributed by atoms with Crippen LogP contribution in [0.1, 0.15) is 11.1 Å². The van der Waals surface area contributed by atoms with Crippen LogP contribution in [0.2, 0.25) is 0 Å². The first-order valence-corrected chi connectivity index (χ1v) is 13.1. The lowest BCUT2D eigenvalue weighted by Gasteiger charge is -2.24. The van der Waals surface area contributed by atoms with Crippen molar-refractivity contribution in [2.75, 3.05) is 24.6 Å². The van der Waals surface area contributed by atoms with Crippen LogP contribution in [-0.4, -0.2) is 40.8 Å². The highest BCUT2D eigenvalue weighted by Gasteiger charge is 2.28. The van der Waals surface area contributed by atoms with Crippen LogP contribution in [0.5, 0.6) is 11.5 Å². The molecule has 3 rings (SSSR count). The minimum Gasteiger partial charge on any atom is -0.496 e. The molecule has 0 fully saturated rings. The van der Waals surface area contributed by atoms with Gasteiger partial charge in [0.15, 0.2) is 0 Å². The van der Waals surface area contributed by atoms with Crippen LogP contribution < -0.4 is 19.2 Å². The van der Waals surface area contributed by atoms with Crippen molar-refractivity contribution in [1.82, 2.24) is 5.43 Å². The molecular formula is C26H26BrN3O5S. The third-order valence-corrected chi connectivity index (χ3v) is 7.34. The highest BCUT2D eigenvalue weighted by molar-refractivity contribution is 9.10. The van der Waals surface area contributed by atoms with Gasteiger partial charge in [-0.1, -0.05) is 42.5 Å². The average molecular weight is 572 g/mol. The summed E-state index contributed by atoms with van der Waals surface area (Å²) < 4.78 is 39.3. The zero-order valence-electron chi connectivity index (χ0n) is 19.8. The summed E-state index contributed by atoms with van der Waals surface area (Å²) in [6.45, 7) is 5.39. The summed E-state index contributed by atoms with van der Waals surface area (Å²) in [5.74, 6) is 0.511. The summed E-state index contributed by atoms with van der Waals surface area (Å²) in [7, 11) is -2.60. The Bertz CT molecular complexity index is 1360. The summed E-state index contributed by atoms with van der Waals surface area (Å²) in [5.41, 5.74) is 4.40. The number of hydrogen-bond acceptors (Lipinski definition) is 6. The number of carbonyl (C=O) groups excluding carboxylic acids is 1. The number of amides is 1. The molecule has 0 radical (unpaired) electrons. The third kappa shape index (κ3) is 6.96. The van der Waals surface area contributed by atoms with Crippen LogP contribution in [0.15, 0.2) is 93.9 Å². The number of hydrogen-bond donors (Lipinski definition) is 1. The van der Waals surface area contributed by atoms with Crippen LogP contribution in [0.3, 0.4) is 0 Å². The minimum absolute atomic E-state index is 0.00314. The van der Waals surface area contributed by atoms with Crippen LogP contribution in [0.25, 0.3) is 0 Å². The Morgan fingerprint density at radius 2 is 1.89 bits per heavy atom. The number of ether oxygens (including phenoxy) is 2. The topological polar surface area (TPSA) is 97.3 Å². The Hall–Kier alpha value is -3.63. The average Bonchev–Trinajstić information content (AvgIpc) is 2.87. The Balaban J connectivity index is 1.81. The molecule has 0 aliphatic carbocycles. The van der Waals surface area contributed by atoms with E-state index >= 15 is 0 Å². The number of hydrazone groups is 1. The molecule has 10 heteroatoms. The van der Waals surface area contributed by atoms with Crippen molar-refractivity contribution in [3.63, 3.8) is 0 Å². The number of halogens is 1. The van der Waals surface area contributed by atoms with E-state index in [1.807, 2.05) is 6.92 Å². The number of aryl methyl sites for hydroxylation is 1. The fourth-order valence-corrected chi connectivity index (χ4v) is 5.29. The number of anilines is 1. The predicted molar refractivity (Wildman–Crippen MR) is 144 cm³/mol. The molecule has 0 heterocycles. The lowest BCUT2D eigenvalue weighted by molar-refractivity contribution is -0.119. The standard InChI is InChI=1S/C26H26BrN3O5S/c1-4-14-35-22-7-5-6-20(15-22)17-28-29-26(31)18-30(21-10-8-19(2)9-11-21)36(32,33)23-12-13-25(34-3)24(27)16-23/h4-13,15-17H,1,14,18H2,2-3H3,(H,29,31)/b28-17-. The number of benzene rings is 3. The van der Waals surface area contributed by atoms with Gasteiger partial charge in [-0.3, -0.25) is 9.10 Å². The Labute approximate surface area is 219 Å². The smallest absolute Gasteiger partial charge is 0.264 e. The van der Waals surface area contributed by atoms with Gasteiger partial charge in [-0.25, -0.2) is 13.8 Å². The molecule has 188 valence electrons. The zero-order valence-corrected chi connectivity index (χ0v) is 22.3. The molecule has 0 spiro atoms. The van der Waals surface area contributed by atoms with Crippen LogP contribution >= 0.6 is 15.9 Å². The molecule has 0 bridgehead atoms. The molecule has 1 amide bonds. The molecule has 0 unspecified atom stereocenters. The van der Waals surface area contributed by atoms with Crippen molar-refractivity contribution in [2.24, 2.45) is 5.10 Å². The van der Waals surface area contributed by atoms with Gasteiger partial charge in [0.25, 0.3) is 15.9 Å². The van der Waals surface area contributed by atoms with E-state index in [1.54, 1.807) is 60.7 Å². The molecule has 0 aliphatic rings. The van der Waals surface area contributed by atoms with E-state index in [1.165, 1.54) is 25.5 Å². The maximum absolute atomic E-state index is 13.5. The Morgan fingerprint density at radius 3 is 2.56 bits per heavy atom. The monoisotopic (exact) mass is 571 g/mol. The molecule has 1 N–H and O–H groups in total. The molecule has 0 saturated heterocycles. The minimum atomic E-state index is -4.09. The largest absolute Gasteiger partial charge is 0.496 e. The lowest BCUT2D eigenvalue weighted by atomic mass is 10.2. The number of methoxy groups -OCH3 is 1. The van der Waals surface area contributed by atoms with E-state index in [0.717, 1.165) is 9.87 Å². The van der Waals surface area contributed by atoms with Gasteiger partial charge in [-0.2, -0.15) is 5.10 Å². The van der Waals surface area contributed by atoms with E-state index in [0.29, 0.717) is 33.8 Å². The van der Waals surface area contributed by atoms with Crippen molar-refractivity contribution in [3.8, 4) is 11.5 Å². The van der Waals surface area contributed by atoms with E-state index in [-0.39, 0.29) is 4.90 Å². The second-order valence-electron chi connectivity index (χ2n) is 7.61. The number of nitrogens with one attached hydrogen (secondary N) is 1. The van der Waals surface area contributed by atoms with Gasteiger partial charge >= 0.3 is 0 Å². The number of nitrogens with zero attached hydrogens (tertiary/aromatic N) is 2. The van der Waals surface area contributed by atoms with Gasteiger partial charge < -0.3 is 9.47 Å². The van der Waals surface area contributed by atoms with E-state index in [2.05, 4.69) is 33.0 Å². The maximum Gasteiger partial charge on any atom is 0.264 e. The molecule has 8 nitrogen and oxygen atoms in total. The van der Waals surface area contributed by atoms with Crippen molar-refractivity contribution >= 4 is 43.8 Å². The first-order chi connectivity index (χ1) is 17.2. The zero-order chi connectivity index (χ0) is 26.1. The van der Waals surface area contributed by atoms with Crippen LogP contribution in [0, 0.1) is 6.92 Å². The normalized spacial score (nSPS) is 11.2. The van der Waals surface area contributed by atoms with Gasteiger partial charge in [-0.05, 0) is 70.9 Å². The van der Waals surface area contributed by atoms with E-state index in [9.17, 15) is 13.2 Å². The first kappa shape index (κ1) is 27.0. The molecule has 3 aromatic carbocycles. The maximum atomic E-state index is 13.5. The van der Waals surface area contributed by atoms with Gasteiger partial charge in [0.2, 0.25) is 0 Å². The van der Waals surface area contributed by atoms with Gasteiger partial charge in [0, 0.05) is 0 Å². The fourth-order valence-electron chi connectivity index (χ4n) is 3.15. The third-order valence-electron chi connectivity index (χ3n) is 4.95. The Morgan fingerprint density at radius 1 is 1.14 bits per heavy atom. The number of rotatable bonds is 11. The molecule has 0 atom stereocenters. The molecule has 0 aliphatic heterocycles. The molecule has 0 saturated carbocycles. The lowest BCUT2D eigenvalue weighted by Crippen LogP contribution is -2.39. The summed E-state index contributed by atoms with van der Waals surface area (Å²) in [6, 6.07) is 18.4. The van der Waals surface area contributed by atoms with Crippen molar-refractivity contribution in [2.45, 2.75) is 11.8 Å². The molecular weight excluding hydrogens is 546 g/mol.